The monoisotopic (exact) mass is 380 g/mol. The van der Waals surface area contributed by atoms with Gasteiger partial charge in [-0.15, -0.1) is 0 Å². The fraction of sp³-hybridized carbons (Fsp3) is 0.450. The van der Waals surface area contributed by atoms with Crippen LogP contribution in [0.5, 0.6) is 0 Å². The molecule has 0 aromatic carbocycles. The van der Waals surface area contributed by atoms with E-state index in [9.17, 15) is 4.79 Å². The van der Waals surface area contributed by atoms with E-state index in [1.807, 2.05) is 31.9 Å². The molecular formula is C20H24N6O2. The van der Waals surface area contributed by atoms with Gasteiger partial charge < -0.3 is 9.42 Å². The van der Waals surface area contributed by atoms with Crippen molar-refractivity contribution in [3.63, 3.8) is 0 Å². The van der Waals surface area contributed by atoms with Gasteiger partial charge in [0.2, 0.25) is 0 Å². The molecule has 4 rings (SSSR count). The molecular weight excluding hydrogens is 356 g/mol. The molecule has 3 aromatic rings. The van der Waals surface area contributed by atoms with Gasteiger partial charge in [-0.05, 0) is 51.2 Å². The Morgan fingerprint density at radius 1 is 1.32 bits per heavy atom. The summed E-state index contributed by atoms with van der Waals surface area (Å²) in [5.74, 6) is 1.13. The van der Waals surface area contributed by atoms with Crippen LogP contribution in [0.1, 0.15) is 40.5 Å². The van der Waals surface area contributed by atoms with Gasteiger partial charge in [0.1, 0.15) is 17.8 Å². The lowest BCUT2D eigenvalue weighted by molar-refractivity contribution is 0.0666. The van der Waals surface area contributed by atoms with Crippen molar-refractivity contribution in [2.75, 3.05) is 13.1 Å². The fourth-order valence-corrected chi connectivity index (χ4v) is 3.90. The molecule has 1 atom stereocenters. The van der Waals surface area contributed by atoms with Gasteiger partial charge in [-0.25, -0.2) is 9.97 Å². The normalized spacial score (nSPS) is 17.1. The fourth-order valence-electron chi connectivity index (χ4n) is 3.90. The Morgan fingerprint density at radius 3 is 2.89 bits per heavy atom. The van der Waals surface area contributed by atoms with Gasteiger partial charge in [-0.2, -0.15) is 5.10 Å². The number of carbonyl (C=O) groups excluding carboxylic acids is 1. The molecule has 1 unspecified atom stereocenters. The smallest absolute Gasteiger partial charge is 0.274 e. The van der Waals surface area contributed by atoms with Crippen LogP contribution in [0.15, 0.2) is 29.2 Å². The number of aromatic nitrogens is 5. The highest BCUT2D eigenvalue weighted by Gasteiger charge is 2.26. The number of piperidine rings is 1. The van der Waals surface area contributed by atoms with Crippen LogP contribution in [0, 0.1) is 19.8 Å². The topological polar surface area (TPSA) is 89.9 Å². The van der Waals surface area contributed by atoms with E-state index in [1.165, 1.54) is 0 Å². The summed E-state index contributed by atoms with van der Waals surface area (Å²) in [6.07, 6.45) is 6.27. The van der Waals surface area contributed by atoms with Gasteiger partial charge in [-0.3, -0.25) is 9.48 Å². The SMILES string of the molecule is Cc1noc(C)c1-c1cc(CC2CCCN(C(=O)c3ccn(C)n3)C2)ncn1. The highest BCUT2D eigenvalue weighted by molar-refractivity contribution is 5.92. The number of hydrogen-bond donors (Lipinski definition) is 0. The summed E-state index contributed by atoms with van der Waals surface area (Å²) in [5, 5.41) is 8.25. The summed E-state index contributed by atoms with van der Waals surface area (Å²) in [5.41, 5.74) is 4.07. The summed E-state index contributed by atoms with van der Waals surface area (Å²) in [6.45, 7) is 5.30. The summed E-state index contributed by atoms with van der Waals surface area (Å²) < 4.78 is 6.92. The Bertz CT molecular complexity index is 973. The minimum atomic E-state index is 0.00407. The third-order valence-corrected chi connectivity index (χ3v) is 5.25. The molecule has 0 bridgehead atoms. The van der Waals surface area contributed by atoms with Gasteiger partial charge in [0, 0.05) is 32.0 Å². The highest BCUT2D eigenvalue weighted by atomic mass is 16.5. The standard InChI is InChI=1S/C20H24N6O2/c1-13-19(14(2)28-24-13)18-10-16(21-12-22-18)9-15-5-4-7-26(11-15)20(27)17-6-8-25(3)23-17/h6,8,10,12,15H,4-5,7,9,11H2,1-3H3. The molecule has 1 amide bonds. The van der Waals surface area contributed by atoms with Crippen molar-refractivity contribution >= 4 is 5.91 Å². The number of hydrogen-bond acceptors (Lipinski definition) is 6. The predicted molar refractivity (Wildman–Crippen MR) is 103 cm³/mol. The van der Waals surface area contributed by atoms with E-state index >= 15 is 0 Å². The lowest BCUT2D eigenvalue weighted by Crippen LogP contribution is -2.40. The average Bonchev–Trinajstić information content (AvgIpc) is 3.27. The Kier molecular flexibility index (Phi) is 4.93. The molecule has 28 heavy (non-hydrogen) atoms. The maximum atomic E-state index is 12.7. The average molecular weight is 380 g/mol. The van der Waals surface area contributed by atoms with Crippen LogP contribution < -0.4 is 0 Å². The van der Waals surface area contributed by atoms with Crippen LogP contribution in [-0.4, -0.2) is 48.8 Å². The van der Waals surface area contributed by atoms with Gasteiger partial charge in [0.05, 0.1) is 17.0 Å². The van der Waals surface area contributed by atoms with Gasteiger partial charge in [-0.1, -0.05) is 5.16 Å². The number of nitrogens with zero attached hydrogens (tertiary/aromatic N) is 6. The first-order valence-electron chi connectivity index (χ1n) is 9.54. The van der Waals surface area contributed by atoms with Crippen molar-refractivity contribution in [1.29, 1.82) is 0 Å². The van der Waals surface area contributed by atoms with E-state index in [-0.39, 0.29) is 5.91 Å². The molecule has 4 heterocycles. The van der Waals surface area contributed by atoms with E-state index in [4.69, 9.17) is 4.52 Å². The summed E-state index contributed by atoms with van der Waals surface area (Å²) in [6, 6.07) is 3.78. The molecule has 0 radical (unpaired) electrons. The largest absolute Gasteiger partial charge is 0.361 e. The molecule has 1 aliphatic heterocycles. The molecule has 0 saturated carbocycles. The van der Waals surface area contributed by atoms with Crippen molar-refractivity contribution in [1.82, 2.24) is 29.8 Å². The van der Waals surface area contributed by atoms with E-state index in [1.54, 1.807) is 23.3 Å². The summed E-state index contributed by atoms with van der Waals surface area (Å²) in [7, 11) is 1.82. The molecule has 1 aliphatic rings. The van der Waals surface area contributed by atoms with E-state index < -0.39 is 0 Å². The number of amides is 1. The first-order valence-corrected chi connectivity index (χ1v) is 9.54. The zero-order chi connectivity index (χ0) is 19.7. The zero-order valence-electron chi connectivity index (χ0n) is 16.4. The summed E-state index contributed by atoms with van der Waals surface area (Å²) >= 11 is 0. The Morgan fingerprint density at radius 2 is 2.18 bits per heavy atom. The van der Waals surface area contributed by atoms with Gasteiger partial charge in [0.15, 0.2) is 0 Å². The molecule has 3 aromatic heterocycles. The number of likely N-dealkylation sites (tertiary alicyclic amines) is 1. The zero-order valence-corrected chi connectivity index (χ0v) is 16.4. The Labute approximate surface area is 163 Å². The van der Waals surface area contributed by atoms with Gasteiger partial charge >= 0.3 is 0 Å². The molecule has 1 saturated heterocycles. The molecule has 8 heteroatoms. The molecule has 146 valence electrons. The number of carbonyl (C=O) groups is 1. The van der Waals surface area contributed by atoms with Crippen LogP contribution in [0.25, 0.3) is 11.3 Å². The second-order valence-electron chi connectivity index (χ2n) is 7.43. The Hall–Kier alpha value is -3.03. The van der Waals surface area contributed by atoms with Crippen LogP contribution in [0.2, 0.25) is 0 Å². The van der Waals surface area contributed by atoms with Crippen LogP contribution >= 0.6 is 0 Å². The highest BCUT2D eigenvalue weighted by Crippen LogP contribution is 2.27. The van der Waals surface area contributed by atoms with Crippen molar-refractivity contribution in [3.8, 4) is 11.3 Å². The van der Waals surface area contributed by atoms with Crippen LogP contribution in [0.3, 0.4) is 0 Å². The predicted octanol–water partition coefficient (Wildman–Crippen LogP) is 2.58. The maximum absolute atomic E-state index is 12.7. The first-order chi connectivity index (χ1) is 13.5. The van der Waals surface area contributed by atoms with Crippen LogP contribution in [-0.2, 0) is 13.5 Å². The lowest BCUT2D eigenvalue weighted by atomic mass is 9.92. The minimum absolute atomic E-state index is 0.00407. The molecule has 8 nitrogen and oxygen atoms in total. The molecule has 0 aliphatic carbocycles. The van der Waals surface area contributed by atoms with Crippen molar-refractivity contribution in [3.05, 3.63) is 47.5 Å². The maximum Gasteiger partial charge on any atom is 0.274 e. The molecule has 0 spiro atoms. The minimum Gasteiger partial charge on any atom is -0.361 e. The third kappa shape index (κ3) is 3.67. The lowest BCUT2D eigenvalue weighted by Gasteiger charge is -2.32. The van der Waals surface area contributed by atoms with Crippen molar-refractivity contribution < 1.29 is 9.32 Å². The second kappa shape index (κ2) is 7.53. The van der Waals surface area contributed by atoms with Crippen LogP contribution in [0.4, 0.5) is 0 Å². The van der Waals surface area contributed by atoms with E-state index in [0.29, 0.717) is 11.6 Å². The quantitative estimate of drug-likeness (QED) is 0.691. The summed E-state index contributed by atoms with van der Waals surface area (Å²) in [4.78, 5) is 23.5. The van der Waals surface area contributed by atoms with Crippen molar-refractivity contribution in [2.24, 2.45) is 13.0 Å². The number of aryl methyl sites for hydroxylation is 3. The molecule has 0 N–H and O–H groups in total. The number of rotatable bonds is 4. The van der Waals surface area contributed by atoms with E-state index in [2.05, 4.69) is 20.2 Å². The second-order valence-corrected chi connectivity index (χ2v) is 7.43. The van der Waals surface area contributed by atoms with Gasteiger partial charge in [0.25, 0.3) is 5.91 Å². The Balaban J connectivity index is 1.47. The first kappa shape index (κ1) is 18.3. The third-order valence-electron chi connectivity index (χ3n) is 5.25. The van der Waals surface area contributed by atoms with E-state index in [0.717, 1.165) is 60.8 Å². The molecule has 1 fully saturated rings. The van der Waals surface area contributed by atoms with Crippen molar-refractivity contribution in [2.45, 2.75) is 33.1 Å².